The van der Waals surface area contributed by atoms with Gasteiger partial charge in [0.2, 0.25) is 0 Å². The summed E-state index contributed by atoms with van der Waals surface area (Å²) in [5, 5.41) is 11.3. The van der Waals surface area contributed by atoms with Crippen LogP contribution in [0.3, 0.4) is 0 Å². The summed E-state index contributed by atoms with van der Waals surface area (Å²) in [6, 6.07) is 0. The largest absolute Gasteiger partial charge is 0.468 e. The first-order valence-electron chi connectivity index (χ1n) is 12.1. The second-order valence-corrected chi connectivity index (χ2v) is 12.7. The van der Waals surface area contributed by atoms with Gasteiger partial charge in [0.25, 0.3) is 0 Å². The van der Waals surface area contributed by atoms with Gasteiger partial charge in [-0.2, -0.15) is 0 Å². The Balaban J connectivity index is 1.70. The molecular weight excluding hydrogens is 424 g/mol. The zero-order valence-electron chi connectivity index (χ0n) is 20.6. The maximum Gasteiger partial charge on any atom is 0.321 e. The van der Waals surface area contributed by atoms with Gasteiger partial charge in [-0.25, -0.2) is 0 Å². The van der Waals surface area contributed by atoms with Gasteiger partial charge in [-0.15, -0.1) is 0 Å². The smallest absolute Gasteiger partial charge is 0.321 e. The highest BCUT2D eigenvalue weighted by atomic mass is 16.6. The van der Waals surface area contributed by atoms with Crippen molar-refractivity contribution in [2.75, 3.05) is 13.7 Å². The van der Waals surface area contributed by atoms with Crippen LogP contribution in [0.15, 0.2) is 11.6 Å². The van der Waals surface area contributed by atoms with E-state index in [2.05, 4.69) is 19.9 Å². The Labute approximate surface area is 194 Å². The zero-order chi connectivity index (χ0) is 24.3. The van der Waals surface area contributed by atoms with E-state index in [9.17, 15) is 19.5 Å². The van der Waals surface area contributed by atoms with Crippen LogP contribution in [-0.4, -0.2) is 53.3 Å². The molecule has 8 atom stereocenters. The van der Waals surface area contributed by atoms with E-state index in [1.807, 2.05) is 13.8 Å². The number of ether oxygens (including phenoxy) is 3. The Hall–Kier alpha value is -1.57. The van der Waals surface area contributed by atoms with Crippen molar-refractivity contribution < 1.29 is 33.7 Å². The Morgan fingerprint density at radius 3 is 2.27 bits per heavy atom. The Morgan fingerprint density at radius 2 is 1.73 bits per heavy atom. The van der Waals surface area contributed by atoms with Crippen LogP contribution in [0, 0.1) is 33.0 Å². The lowest BCUT2D eigenvalue weighted by Crippen LogP contribution is -2.76. The number of carbonyl (C=O) groups excluding carboxylic acids is 3. The standard InChI is InChI=1S/C26H34O7/c1-19(2)14-8-9-20(3)15(24(14)10-11-25(19,30)32-13-24)12-21(4)23(6)16(27)22(5,33-21)17(28)26(20,23)18(29)31-7/h12,14,30H,8-11,13H2,1-7H3/t14-,20+,21-,22-,23-,24+,25-,26-/m1/s1. The first-order valence-corrected chi connectivity index (χ1v) is 12.1. The molecule has 0 aromatic rings. The van der Waals surface area contributed by atoms with Gasteiger partial charge in [0.15, 0.2) is 28.4 Å². The van der Waals surface area contributed by atoms with Crippen LogP contribution >= 0.6 is 0 Å². The molecular formula is C26H34O7. The fraction of sp³-hybridized carbons (Fsp3) is 0.808. The SMILES string of the molecule is COC(=O)[C@]12C(=O)[C@]3(C)O[C@](C)(C=C4[C@@]56CC[C@@](O)(OC5)C(C)(C)[C@H]6CC[C@@]41C)[C@@]2(C)C3=O. The first kappa shape index (κ1) is 21.9. The summed E-state index contributed by atoms with van der Waals surface area (Å²) >= 11 is 0. The van der Waals surface area contributed by atoms with Crippen LogP contribution in [0.25, 0.3) is 0 Å². The molecule has 7 aliphatic rings. The van der Waals surface area contributed by atoms with E-state index in [1.54, 1.807) is 6.92 Å². The average Bonchev–Trinajstić information content (AvgIpc) is 2.99. The molecule has 0 amide bonds. The van der Waals surface area contributed by atoms with Gasteiger partial charge in [0.1, 0.15) is 0 Å². The van der Waals surface area contributed by atoms with Gasteiger partial charge in [0.05, 0.1) is 24.7 Å². The molecule has 0 unspecified atom stereocenters. The van der Waals surface area contributed by atoms with E-state index >= 15 is 0 Å². The van der Waals surface area contributed by atoms with Crippen LogP contribution in [0.2, 0.25) is 0 Å². The number of hydrogen-bond acceptors (Lipinski definition) is 7. The number of aliphatic hydroxyl groups is 1. The van der Waals surface area contributed by atoms with Crippen molar-refractivity contribution in [3.05, 3.63) is 11.6 Å². The van der Waals surface area contributed by atoms with Gasteiger partial charge < -0.3 is 19.3 Å². The van der Waals surface area contributed by atoms with Crippen LogP contribution in [-0.2, 0) is 28.6 Å². The monoisotopic (exact) mass is 458 g/mol. The van der Waals surface area contributed by atoms with E-state index in [4.69, 9.17) is 14.2 Å². The van der Waals surface area contributed by atoms with Crippen molar-refractivity contribution in [2.24, 2.45) is 33.0 Å². The first-order chi connectivity index (χ1) is 15.1. The van der Waals surface area contributed by atoms with E-state index in [1.165, 1.54) is 14.0 Å². The molecule has 4 aliphatic carbocycles. The summed E-state index contributed by atoms with van der Waals surface area (Å²) in [7, 11) is 1.30. The molecule has 180 valence electrons. The minimum Gasteiger partial charge on any atom is -0.468 e. The highest BCUT2D eigenvalue weighted by molar-refractivity contribution is 6.31. The van der Waals surface area contributed by atoms with Crippen molar-refractivity contribution in [2.45, 2.75) is 84.2 Å². The highest BCUT2D eigenvalue weighted by Crippen LogP contribution is 2.81. The summed E-state index contributed by atoms with van der Waals surface area (Å²) in [6.07, 6.45) is 4.50. The molecule has 3 aliphatic heterocycles. The molecule has 3 saturated carbocycles. The normalized spacial score (nSPS) is 57.5. The van der Waals surface area contributed by atoms with Crippen LogP contribution in [0.1, 0.15) is 67.2 Å². The molecule has 7 heteroatoms. The average molecular weight is 459 g/mol. The summed E-state index contributed by atoms with van der Waals surface area (Å²) < 4.78 is 17.8. The van der Waals surface area contributed by atoms with Crippen LogP contribution < -0.4 is 0 Å². The molecule has 33 heavy (non-hydrogen) atoms. The lowest BCUT2D eigenvalue weighted by atomic mass is 9.33. The summed E-state index contributed by atoms with van der Waals surface area (Å²) in [5.41, 5.74) is -6.77. The molecule has 0 aromatic carbocycles. The van der Waals surface area contributed by atoms with Crippen molar-refractivity contribution in [3.8, 4) is 0 Å². The van der Waals surface area contributed by atoms with E-state index in [-0.39, 0.29) is 11.7 Å². The maximum absolute atomic E-state index is 14.2. The van der Waals surface area contributed by atoms with Gasteiger partial charge in [-0.3, -0.25) is 14.4 Å². The molecule has 1 N–H and O–H groups in total. The van der Waals surface area contributed by atoms with Gasteiger partial charge in [-0.1, -0.05) is 32.4 Å². The fourth-order valence-electron chi connectivity index (χ4n) is 9.86. The molecule has 1 spiro atoms. The Bertz CT molecular complexity index is 1080. The summed E-state index contributed by atoms with van der Waals surface area (Å²) in [6.45, 7) is 11.5. The molecule has 0 aromatic heterocycles. The number of rotatable bonds is 1. The number of fused-ring (bicyclic) bond motifs is 5. The minimum absolute atomic E-state index is 0.109. The van der Waals surface area contributed by atoms with Crippen LogP contribution in [0.4, 0.5) is 0 Å². The molecule has 7 rings (SSSR count). The third kappa shape index (κ3) is 1.67. The molecule has 4 bridgehead atoms. The molecule has 3 heterocycles. The summed E-state index contributed by atoms with van der Waals surface area (Å²) in [5.74, 6) is -2.53. The lowest BCUT2D eigenvalue weighted by Gasteiger charge is -2.72. The number of methoxy groups -OCH3 is 1. The number of esters is 1. The number of ketones is 2. The van der Waals surface area contributed by atoms with E-state index < -0.39 is 55.8 Å². The number of Topliss-reactive ketones (excluding diaryl/α,β-unsaturated/α-hetero) is 2. The van der Waals surface area contributed by atoms with Crippen molar-refractivity contribution in [3.63, 3.8) is 0 Å². The van der Waals surface area contributed by atoms with Gasteiger partial charge >= 0.3 is 5.97 Å². The minimum atomic E-state index is -1.67. The molecule has 3 saturated heterocycles. The van der Waals surface area contributed by atoms with Crippen molar-refractivity contribution >= 4 is 17.5 Å². The maximum atomic E-state index is 14.2. The van der Waals surface area contributed by atoms with E-state index in [0.717, 1.165) is 12.0 Å². The van der Waals surface area contributed by atoms with Crippen molar-refractivity contribution in [1.82, 2.24) is 0 Å². The highest BCUT2D eigenvalue weighted by Gasteiger charge is 2.93. The number of carbonyl (C=O) groups is 3. The second-order valence-electron chi connectivity index (χ2n) is 12.7. The lowest BCUT2D eigenvalue weighted by molar-refractivity contribution is -0.373. The van der Waals surface area contributed by atoms with Crippen molar-refractivity contribution in [1.29, 1.82) is 0 Å². The van der Waals surface area contributed by atoms with Gasteiger partial charge in [0, 0.05) is 22.7 Å². The Kier molecular flexibility index (Phi) is 3.53. The topological polar surface area (TPSA) is 99.1 Å². The van der Waals surface area contributed by atoms with E-state index in [0.29, 0.717) is 25.9 Å². The van der Waals surface area contributed by atoms with Gasteiger partial charge in [-0.05, 0) is 46.0 Å². The fourth-order valence-corrected chi connectivity index (χ4v) is 9.86. The predicted octanol–water partition coefficient (Wildman–Crippen LogP) is 2.73. The molecule has 0 radical (unpaired) electrons. The quantitative estimate of drug-likeness (QED) is 0.366. The Morgan fingerprint density at radius 1 is 1.06 bits per heavy atom. The summed E-state index contributed by atoms with van der Waals surface area (Å²) in [4.78, 5) is 41.9. The zero-order valence-corrected chi connectivity index (χ0v) is 20.6. The third-order valence-electron chi connectivity index (χ3n) is 11.6. The third-order valence-corrected chi connectivity index (χ3v) is 11.6. The second kappa shape index (κ2) is 5.31. The molecule has 6 fully saturated rings. The number of hydrogen-bond donors (Lipinski definition) is 1. The molecule has 7 nitrogen and oxygen atoms in total. The predicted molar refractivity (Wildman–Crippen MR) is 116 cm³/mol. The van der Waals surface area contributed by atoms with Crippen LogP contribution in [0.5, 0.6) is 0 Å².